The molecule has 1 aliphatic heterocycles. The number of aryl methyl sites for hydroxylation is 1. The van der Waals surface area contributed by atoms with Gasteiger partial charge in [0.15, 0.2) is 5.13 Å². The highest BCUT2D eigenvalue weighted by Crippen LogP contribution is 2.44. The molecular weight excluding hydrogens is 468 g/mol. The zero-order chi connectivity index (χ0) is 25.6. The van der Waals surface area contributed by atoms with E-state index in [0.29, 0.717) is 10.7 Å². The van der Waals surface area contributed by atoms with Crippen LogP contribution in [0.5, 0.6) is 0 Å². The normalized spacial score (nSPS) is 17.8. The summed E-state index contributed by atoms with van der Waals surface area (Å²) in [7, 11) is 0. The maximum Gasteiger partial charge on any atom is 0.301 e. The minimum atomic E-state index is -0.787. The lowest BCUT2D eigenvalue weighted by Gasteiger charge is -2.24. The Kier molecular flexibility index (Phi) is 6.00. The number of hydrogen-bond donors (Lipinski definition) is 1. The van der Waals surface area contributed by atoms with Crippen LogP contribution >= 0.6 is 11.3 Å². The molecule has 0 saturated carbocycles. The number of ketones is 1. The second-order valence-corrected chi connectivity index (χ2v) is 11.1. The molecule has 1 saturated heterocycles. The second kappa shape index (κ2) is 9.03. The van der Waals surface area contributed by atoms with Crippen LogP contribution in [-0.2, 0) is 21.4 Å². The molecule has 4 aromatic rings. The Bertz CT molecular complexity index is 1490. The Morgan fingerprint density at radius 3 is 2.33 bits per heavy atom. The predicted molar refractivity (Wildman–Crippen MR) is 145 cm³/mol. The summed E-state index contributed by atoms with van der Waals surface area (Å²) in [5.74, 6) is -1.59. The average Bonchev–Trinajstić information content (AvgIpc) is 3.41. The van der Waals surface area contributed by atoms with Gasteiger partial charge in [0.05, 0.1) is 21.8 Å². The fourth-order valence-electron chi connectivity index (χ4n) is 4.54. The summed E-state index contributed by atoms with van der Waals surface area (Å²) < 4.78 is 0.955. The van der Waals surface area contributed by atoms with Crippen molar-refractivity contribution in [1.82, 2.24) is 4.98 Å². The van der Waals surface area contributed by atoms with Gasteiger partial charge in [-0.1, -0.05) is 99.7 Å². The number of Topliss-reactive ketones (excluding diaryl/α,β-unsaturated/α-hetero) is 1. The lowest BCUT2D eigenvalue weighted by atomic mass is 9.85. The molecule has 2 heterocycles. The summed E-state index contributed by atoms with van der Waals surface area (Å²) in [6.07, 6.45) is 0.894. The van der Waals surface area contributed by atoms with Crippen molar-refractivity contribution in [2.24, 2.45) is 0 Å². The first kappa shape index (κ1) is 23.9. The number of nitrogens with zero attached hydrogens (tertiary/aromatic N) is 2. The maximum atomic E-state index is 13.5. The van der Waals surface area contributed by atoms with Crippen molar-refractivity contribution in [1.29, 1.82) is 0 Å². The molecular formula is C30H28N2O3S. The molecule has 0 bridgehead atoms. The van der Waals surface area contributed by atoms with Crippen molar-refractivity contribution in [3.05, 3.63) is 101 Å². The molecule has 0 spiro atoms. The number of amides is 1. The number of carbonyl (C=O) groups excluding carboxylic acids is 2. The van der Waals surface area contributed by atoms with Crippen LogP contribution in [0.25, 0.3) is 16.0 Å². The van der Waals surface area contributed by atoms with Crippen molar-refractivity contribution < 1.29 is 14.7 Å². The highest BCUT2D eigenvalue weighted by Gasteiger charge is 2.48. The van der Waals surface area contributed by atoms with Gasteiger partial charge in [0, 0.05) is 5.56 Å². The number of fused-ring (bicyclic) bond motifs is 1. The van der Waals surface area contributed by atoms with Crippen molar-refractivity contribution in [2.45, 2.75) is 45.6 Å². The van der Waals surface area contributed by atoms with E-state index in [9.17, 15) is 14.7 Å². The van der Waals surface area contributed by atoms with Crippen LogP contribution in [0.15, 0.2) is 78.4 Å². The van der Waals surface area contributed by atoms with Gasteiger partial charge in [-0.2, -0.15) is 0 Å². The van der Waals surface area contributed by atoms with Crippen molar-refractivity contribution in [3.8, 4) is 0 Å². The molecule has 3 aromatic carbocycles. The molecule has 1 N–H and O–H groups in total. The third kappa shape index (κ3) is 4.11. The summed E-state index contributed by atoms with van der Waals surface area (Å²) in [5.41, 5.74) is 4.35. The smallest absolute Gasteiger partial charge is 0.301 e. The molecule has 6 heteroatoms. The molecule has 1 fully saturated rings. The van der Waals surface area contributed by atoms with Crippen LogP contribution in [0.1, 0.15) is 56.0 Å². The fourth-order valence-corrected chi connectivity index (χ4v) is 5.60. The van der Waals surface area contributed by atoms with Crippen LogP contribution in [0.2, 0.25) is 0 Å². The highest BCUT2D eigenvalue weighted by atomic mass is 32.1. The second-order valence-electron chi connectivity index (χ2n) is 10.1. The Balaban J connectivity index is 1.70. The van der Waals surface area contributed by atoms with Crippen molar-refractivity contribution >= 4 is 44.1 Å². The zero-order valence-corrected chi connectivity index (χ0v) is 21.6. The highest BCUT2D eigenvalue weighted by molar-refractivity contribution is 7.22. The first-order valence-corrected chi connectivity index (χ1v) is 12.9. The molecule has 0 radical (unpaired) electrons. The van der Waals surface area contributed by atoms with Gasteiger partial charge in [-0.05, 0) is 40.7 Å². The van der Waals surface area contributed by atoms with Gasteiger partial charge in [0.25, 0.3) is 5.78 Å². The van der Waals surface area contributed by atoms with Gasteiger partial charge < -0.3 is 5.11 Å². The largest absolute Gasteiger partial charge is 0.507 e. The molecule has 0 aliphatic carbocycles. The standard InChI is InChI=1S/C30H28N2O3S/c1-5-18-11-16-22-23(17-18)36-29(31-22)32-25(19-12-14-21(15-13-19)30(2,3)4)24(27(34)28(32)35)26(33)20-9-7-6-8-10-20/h6-17,25,33H,5H2,1-4H3/b26-24+/t25-/m1/s1. The van der Waals surface area contributed by atoms with Crippen LogP contribution in [0.3, 0.4) is 0 Å². The molecule has 1 aromatic heterocycles. The quantitative estimate of drug-likeness (QED) is 0.192. The SMILES string of the molecule is CCc1ccc2nc(N3C(=O)C(=O)/C(=C(/O)c4ccccc4)[C@H]3c3ccc(C(C)(C)C)cc3)sc2c1. The Morgan fingerprint density at radius 2 is 1.69 bits per heavy atom. The molecule has 1 aliphatic rings. The van der Waals surface area contributed by atoms with Gasteiger partial charge in [0.1, 0.15) is 5.76 Å². The van der Waals surface area contributed by atoms with Crippen LogP contribution in [0.4, 0.5) is 5.13 Å². The van der Waals surface area contributed by atoms with Gasteiger partial charge >= 0.3 is 5.91 Å². The molecule has 182 valence electrons. The number of aliphatic hydroxyl groups is 1. The maximum absolute atomic E-state index is 13.5. The summed E-state index contributed by atoms with van der Waals surface area (Å²) in [6, 6.07) is 22.0. The zero-order valence-electron chi connectivity index (χ0n) is 20.8. The lowest BCUT2D eigenvalue weighted by Crippen LogP contribution is -2.29. The number of aromatic nitrogens is 1. The van der Waals surface area contributed by atoms with Crippen LogP contribution in [0, 0.1) is 0 Å². The average molecular weight is 497 g/mol. The van der Waals surface area contributed by atoms with Crippen molar-refractivity contribution in [3.63, 3.8) is 0 Å². The Hall–Kier alpha value is -3.77. The van der Waals surface area contributed by atoms with Gasteiger partial charge in [-0.25, -0.2) is 4.98 Å². The minimum absolute atomic E-state index is 0.0472. The number of anilines is 1. The number of hydrogen-bond acceptors (Lipinski definition) is 5. The number of aliphatic hydroxyl groups excluding tert-OH is 1. The van der Waals surface area contributed by atoms with E-state index in [1.807, 2.05) is 42.5 Å². The molecule has 1 atom stereocenters. The minimum Gasteiger partial charge on any atom is -0.507 e. The van der Waals surface area contributed by atoms with Crippen LogP contribution < -0.4 is 4.90 Å². The molecule has 0 unspecified atom stereocenters. The van der Waals surface area contributed by atoms with E-state index < -0.39 is 17.7 Å². The summed E-state index contributed by atoms with van der Waals surface area (Å²) in [6.45, 7) is 8.49. The number of thiazole rings is 1. The van der Waals surface area contributed by atoms with Gasteiger partial charge in [-0.3, -0.25) is 14.5 Å². The summed E-state index contributed by atoms with van der Waals surface area (Å²) >= 11 is 1.38. The first-order valence-electron chi connectivity index (χ1n) is 12.1. The predicted octanol–water partition coefficient (Wildman–Crippen LogP) is 6.78. The number of carbonyl (C=O) groups is 2. The summed E-state index contributed by atoms with van der Waals surface area (Å²) in [4.78, 5) is 33.0. The van der Waals surface area contributed by atoms with Gasteiger partial charge in [0.2, 0.25) is 0 Å². The summed E-state index contributed by atoms with van der Waals surface area (Å²) in [5, 5.41) is 11.7. The third-order valence-corrected chi connectivity index (χ3v) is 7.66. The van der Waals surface area contributed by atoms with E-state index >= 15 is 0 Å². The number of benzene rings is 3. The van der Waals surface area contributed by atoms with Crippen LogP contribution in [-0.4, -0.2) is 21.8 Å². The molecule has 5 nitrogen and oxygen atoms in total. The first-order chi connectivity index (χ1) is 17.2. The van der Waals surface area contributed by atoms with E-state index in [4.69, 9.17) is 4.98 Å². The molecule has 5 rings (SSSR count). The van der Waals surface area contributed by atoms with E-state index in [0.717, 1.165) is 27.8 Å². The Labute approximate surface area is 214 Å². The number of rotatable bonds is 4. The monoisotopic (exact) mass is 496 g/mol. The topological polar surface area (TPSA) is 70.5 Å². The third-order valence-electron chi connectivity index (χ3n) is 6.64. The molecule has 36 heavy (non-hydrogen) atoms. The van der Waals surface area contributed by atoms with Crippen molar-refractivity contribution in [2.75, 3.05) is 4.90 Å². The molecule has 1 amide bonds. The van der Waals surface area contributed by atoms with E-state index in [-0.39, 0.29) is 16.7 Å². The van der Waals surface area contributed by atoms with E-state index in [2.05, 4.69) is 33.8 Å². The lowest BCUT2D eigenvalue weighted by molar-refractivity contribution is -0.132. The Morgan fingerprint density at radius 1 is 1.00 bits per heavy atom. The van der Waals surface area contributed by atoms with E-state index in [1.54, 1.807) is 24.3 Å². The van der Waals surface area contributed by atoms with Gasteiger partial charge in [-0.15, -0.1) is 0 Å². The van der Waals surface area contributed by atoms with E-state index in [1.165, 1.54) is 21.8 Å². The fraction of sp³-hybridized carbons (Fsp3) is 0.233.